The van der Waals surface area contributed by atoms with Crippen LogP contribution in [0, 0.1) is 0 Å². The molecule has 1 aromatic rings. The van der Waals surface area contributed by atoms with Crippen molar-refractivity contribution in [3.63, 3.8) is 0 Å². The Hall–Kier alpha value is -2.56. The number of Topliss-reactive ketones (excluding diaryl/α,β-unsaturated/α-hetero) is 1. The smallest absolute Gasteiger partial charge is 0.330 e. The Morgan fingerprint density at radius 2 is 1.73 bits per heavy atom. The van der Waals surface area contributed by atoms with E-state index in [0.29, 0.717) is 30.1 Å². The van der Waals surface area contributed by atoms with Gasteiger partial charge in [0.25, 0.3) is 0 Å². The minimum atomic E-state index is -0.378. The first-order valence-corrected chi connectivity index (χ1v) is 8.73. The zero-order chi connectivity index (χ0) is 19.4. The molecule has 5 heteroatoms. The Balaban J connectivity index is 2.25. The summed E-state index contributed by atoms with van der Waals surface area (Å²) < 4.78 is 15.6. The highest BCUT2D eigenvalue weighted by Crippen LogP contribution is 2.27. The summed E-state index contributed by atoms with van der Waals surface area (Å²) in [5.41, 5.74) is 1.43. The third-order valence-corrected chi connectivity index (χ3v) is 3.84. The van der Waals surface area contributed by atoms with Crippen LogP contribution in [0.3, 0.4) is 0 Å². The van der Waals surface area contributed by atoms with Gasteiger partial charge in [-0.15, -0.1) is 0 Å². The lowest BCUT2D eigenvalue weighted by Crippen LogP contribution is -2.02. The molecule has 0 radical (unpaired) electrons. The van der Waals surface area contributed by atoms with E-state index in [4.69, 9.17) is 14.2 Å². The average molecular weight is 360 g/mol. The predicted molar refractivity (Wildman–Crippen MR) is 102 cm³/mol. The number of methoxy groups -OCH3 is 2. The van der Waals surface area contributed by atoms with Crippen molar-refractivity contribution in [2.45, 2.75) is 39.0 Å². The molecule has 0 heterocycles. The van der Waals surface area contributed by atoms with Crippen LogP contribution in [0.2, 0.25) is 0 Å². The summed E-state index contributed by atoms with van der Waals surface area (Å²) in [4.78, 5) is 23.1. The third-order valence-electron chi connectivity index (χ3n) is 3.84. The lowest BCUT2D eigenvalue weighted by atomic mass is 10.1. The Labute approximate surface area is 155 Å². The van der Waals surface area contributed by atoms with Crippen LogP contribution in [-0.2, 0) is 14.3 Å². The van der Waals surface area contributed by atoms with Gasteiger partial charge in [-0.1, -0.05) is 25.5 Å². The molecule has 0 spiro atoms. The van der Waals surface area contributed by atoms with Gasteiger partial charge in [0.2, 0.25) is 0 Å². The number of hydrogen-bond donors (Lipinski definition) is 0. The standard InChI is InChI=1S/C21H28O5/c1-16(2)18(22)9-7-5-6-8-14-26-21(23)13-11-17-10-12-19(24-3)20(15-17)25-4/h10-13,15H,1,5-9,14H2,2-4H3/b13-11+. The van der Waals surface area contributed by atoms with Crippen LogP contribution < -0.4 is 9.47 Å². The molecule has 0 atom stereocenters. The molecule has 142 valence electrons. The van der Waals surface area contributed by atoms with E-state index in [9.17, 15) is 9.59 Å². The molecule has 0 aliphatic carbocycles. The lowest BCUT2D eigenvalue weighted by molar-refractivity contribution is -0.137. The maximum absolute atomic E-state index is 11.7. The van der Waals surface area contributed by atoms with E-state index in [1.165, 1.54) is 6.08 Å². The highest BCUT2D eigenvalue weighted by Gasteiger charge is 2.04. The maximum atomic E-state index is 11.7. The van der Waals surface area contributed by atoms with E-state index in [1.54, 1.807) is 39.4 Å². The summed E-state index contributed by atoms with van der Waals surface area (Å²) in [7, 11) is 3.14. The van der Waals surface area contributed by atoms with Crippen molar-refractivity contribution in [3.05, 3.63) is 42.0 Å². The number of ether oxygens (including phenoxy) is 3. The van der Waals surface area contributed by atoms with Crippen molar-refractivity contribution >= 4 is 17.8 Å². The third kappa shape index (κ3) is 8.01. The van der Waals surface area contributed by atoms with Crippen LogP contribution in [0.25, 0.3) is 6.08 Å². The summed E-state index contributed by atoms with van der Waals surface area (Å²) in [5, 5.41) is 0. The molecule has 1 rings (SSSR count). The lowest BCUT2D eigenvalue weighted by Gasteiger charge is -2.07. The van der Waals surface area contributed by atoms with Crippen molar-refractivity contribution in [1.29, 1.82) is 0 Å². The maximum Gasteiger partial charge on any atom is 0.330 e. The molecule has 0 bridgehead atoms. The van der Waals surface area contributed by atoms with Crippen LogP contribution in [0.4, 0.5) is 0 Å². The van der Waals surface area contributed by atoms with Gasteiger partial charge >= 0.3 is 5.97 Å². The molecule has 0 fully saturated rings. The first-order valence-electron chi connectivity index (χ1n) is 8.73. The zero-order valence-electron chi connectivity index (χ0n) is 15.9. The molecular weight excluding hydrogens is 332 g/mol. The molecule has 0 N–H and O–H groups in total. The van der Waals surface area contributed by atoms with Gasteiger partial charge in [-0.3, -0.25) is 4.79 Å². The Bertz CT molecular complexity index is 646. The highest BCUT2D eigenvalue weighted by atomic mass is 16.5. The molecule has 5 nitrogen and oxygen atoms in total. The summed E-state index contributed by atoms with van der Waals surface area (Å²) in [6.45, 7) is 5.75. The number of rotatable bonds is 12. The number of allylic oxidation sites excluding steroid dienone is 1. The summed E-state index contributed by atoms with van der Waals surface area (Å²) in [6.07, 6.45) is 7.12. The van der Waals surface area contributed by atoms with Gasteiger partial charge < -0.3 is 14.2 Å². The van der Waals surface area contributed by atoms with Crippen molar-refractivity contribution in [2.75, 3.05) is 20.8 Å². The Kier molecular flexibility index (Phi) is 9.83. The van der Waals surface area contributed by atoms with E-state index in [0.717, 1.165) is 31.2 Å². The van der Waals surface area contributed by atoms with Gasteiger partial charge in [-0.25, -0.2) is 4.79 Å². The SMILES string of the molecule is C=C(C)C(=O)CCCCCCOC(=O)/C=C/c1ccc(OC)c(OC)c1. The van der Waals surface area contributed by atoms with E-state index >= 15 is 0 Å². The molecule has 0 aliphatic rings. The molecule has 0 saturated heterocycles. The molecule has 0 aliphatic heterocycles. The Morgan fingerprint density at radius 3 is 2.38 bits per heavy atom. The molecule has 1 aromatic carbocycles. The molecular formula is C21H28O5. The number of ketones is 1. The highest BCUT2D eigenvalue weighted by molar-refractivity contribution is 5.94. The van der Waals surface area contributed by atoms with Gasteiger partial charge in [0.05, 0.1) is 20.8 Å². The predicted octanol–water partition coefficient (Wildman–Crippen LogP) is 4.36. The molecule has 26 heavy (non-hydrogen) atoms. The van der Waals surface area contributed by atoms with E-state index in [2.05, 4.69) is 6.58 Å². The molecule has 0 aromatic heterocycles. The van der Waals surface area contributed by atoms with Gasteiger partial charge in [-0.05, 0) is 49.1 Å². The van der Waals surface area contributed by atoms with E-state index < -0.39 is 0 Å². The van der Waals surface area contributed by atoms with Gasteiger partial charge in [0.15, 0.2) is 17.3 Å². The van der Waals surface area contributed by atoms with Crippen molar-refractivity contribution in [3.8, 4) is 11.5 Å². The molecule has 0 unspecified atom stereocenters. The largest absolute Gasteiger partial charge is 0.493 e. The first kappa shape index (κ1) is 21.5. The van der Waals surface area contributed by atoms with Gasteiger partial charge in [0, 0.05) is 12.5 Å². The summed E-state index contributed by atoms with van der Waals surface area (Å²) >= 11 is 0. The number of hydrogen-bond acceptors (Lipinski definition) is 5. The normalized spacial score (nSPS) is 10.6. The number of benzene rings is 1. The van der Waals surface area contributed by atoms with Crippen molar-refractivity contribution < 1.29 is 23.8 Å². The second kappa shape index (κ2) is 11.9. The zero-order valence-corrected chi connectivity index (χ0v) is 15.9. The topological polar surface area (TPSA) is 61.8 Å². The minimum Gasteiger partial charge on any atom is -0.493 e. The van der Waals surface area contributed by atoms with Gasteiger partial charge in [-0.2, -0.15) is 0 Å². The van der Waals surface area contributed by atoms with Crippen molar-refractivity contribution in [2.24, 2.45) is 0 Å². The second-order valence-electron chi connectivity index (χ2n) is 5.98. The van der Waals surface area contributed by atoms with Crippen LogP contribution in [-0.4, -0.2) is 32.6 Å². The number of esters is 1. The summed E-state index contributed by atoms with van der Waals surface area (Å²) in [5.74, 6) is 0.985. The fourth-order valence-corrected chi connectivity index (χ4v) is 2.30. The fourth-order valence-electron chi connectivity index (χ4n) is 2.30. The summed E-state index contributed by atoms with van der Waals surface area (Å²) in [6, 6.07) is 5.40. The second-order valence-corrected chi connectivity index (χ2v) is 5.98. The van der Waals surface area contributed by atoms with E-state index in [1.807, 2.05) is 6.07 Å². The van der Waals surface area contributed by atoms with Crippen LogP contribution in [0.5, 0.6) is 11.5 Å². The molecule has 0 amide bonds. The van der Waals surface area contributed by atoms with Crippen LogP contribution in [0.1, 0.15) is 44.6 Å². The average Bonchev–Trinajstić information content (AvgIpc) is 2.64. The van der Waals surface area contributed by atoms with Crippen LogP contribution >= 0.6 is 0 Å². The number of carbonyl (C=O) groups excluding carboxylic acids is 2. The van der Waals surface area contributed by atoms with Crippen molar-refractivity contribution in [1.82, 2.24) is 0 Å². The number of unbranched alkanes of at least 4 members (excludes halogenated alkanes) is 3. The van der Waals surface area contributed by atoms with Gasteiger partial charge in [0.1, 0.15) is 0 Å². The van der Waals surface area contributed by atoms with Crippen LogP contribution in [0.15, 0.2) is 36.4 Å². The Morgan fingerprint density at radius 1 is 1.04 bits per heavy atom. The first-order chi connectivity index (χ1) is 12.5. The molecule has 0 saturated carbocycles. The van der Waals surface area contributed by atoms with E-state index in [-0.39, 0.29) is 11.8 Å². The fraction of sp³-hybridized carbons (Fsp3) is 0.429. The minimum absolute atomic E-state index is 0.122. The number of carbonyl (C=O) groups is 2. The monoisotopic (exact) mass is 360 g/mol. The quantitative estimate of drug-likeness (QED) is 0.315.